The van der Waals surface area contributed by atoms with Gasteiger partial charge < -0.3 is 57.8 Å². The van der Waals surface area contributed by atoms with E-state index in [4.69, 9.17) is 12.8 Å². The fourth-order valence-electron chi connectivity index (χ4n) is 16.5. The lowest BCUT2D eigenvalue weighted by molar-refractivity contribution is -0.385. The Morgan fingerprint density at radius 1 is 0.369 bits per heavy atom. The molecule has 0 fully saturated rings. The van der Waals surface area contributed by atoms with Crippen LogP contribution in [0, 0.1) is 282 Å². The van der Waals surface area contributed by atoms with Crippen LogP contribution >= 0.6 is 0 Å². The smallest absolute Gasteiger partial charge is 0.269 e. The number of para-hydroxylation sites is 3. The van der Waals surface area contributed by atoms with Gasteiger partial charge in [-0.1, -0.05) is 293 Å². The highest BCUT2D eigenvalue weighted by Crippen LogP contribution is 2.51. The van der Waals surface area contributed by atoms with Crippen molar-refractivity contribution in [1.82, 2.24) is 0 Å². The van der Waals surface area contributed by atoms with Crippen molar-refractivity contribution in [1.29, 1.82) is 0 Å². The van der Waals surface area contributed by atoms with Crippen molar-refractivity contribution < 1.29 is 136 Å². The number of halogens is 2. The molecule has 0 N–H and O–H groups in total. The summed E-state index contributed by atoms with van der Waals surface area (Å²) in [4.78, 5) is 40.6. The molecule has 0 unspecified atom stereocenters. The Bertz CT molecular complexity index is 7630. The summed E-state index contributed by atoms with van der Waals surface area (Å²) in [6, 6.07) is 42.8. The first-order chi connectivity index (χ1) is 71.0. The second kappa shape index (κ2) is 71.5. The number of allylic oxidation sites excluding steroid dienone is 14. The molecular weight excluding hydrogens is 2050 g/mol. The van der Waals surface area contributed by atoms with E-state index in [9.17, 15) is 25.0 Å². The van der Waals surface area contributed by atoms with Gasteiger partial charge in [0.25, 0.3) is 11.4 Å². The van der Waals surface area contributed by atoms with Crippen LogP contribution in [0.2, 0.25) is 0 Å². The summed E-state index contributed by atoms with van der Waals surface area (Å²) in [5.41, 5.74) is 12.6. The maximum absolute atomic E-state index is 12.1. The van der Waals surface area contributed by atoms with Gasteiger partial charge in [-0.3, -0.25) is 29.9 Å². The molecule has 4 heterocycles. The number of hydrogen-bond acceptors (Lipinski definition) is 7. The Hall–Kier alpha value is -16.9. The molecule has 0 aliphatic carbocycles. The fraction of sp³-hybridized carbons (Fsp3) is 0.306. The third-order valence-corrected chi connectivity index (χ3v) is 24.0. The van der Waals surface area contributed by atoms with Crippen LogP contribution in [0.25, 0.3) is 0 Å². The number of carbonyl (C=O) groups is 1. The van der Waals surface area contributed by atoms with Gasteiger partial charge in [-0.05, 0) is 183 Å². The van der Waals surface area contributed by atoms with Crippen molar-refractivity contribution >= 4 is 65.6 Å². The quantitative estimate of drug-likeness (QED) is 0.00568. The summed E-state index contributed by atoms with van der Waals surface area (Å²) >= 11 is 0. The fourth-order valence-corrected chi connectivity index (χ4v) is 16.5. The molecule has 829 valence electrons. The zero-order valence-corrected chi connectivity index (χ0v) is 91.5. The Morgan fingerprint density at radius 2 is 0.658 bits per heavy atom. The number of terminal acetylenes is 2. The van der Waals surface area contributed by atoms with Crippen molar-refractivity contribution in [3.63, 3.8) is 0 Å². The molecule has 0 saturated carbocycles. The van der Waals surface area contributed by atoms with E-state index < -0.39 is 5.41 Å². The highest BCUT2D eigenvalue weighted by Gasteiger charge is 2.47. The molecule has 4 aliphatic rings. The summed E-state index contributed by atoms with van der Waals surface area (Å²) in [7, 11) is 0. The molecule has 0 spiro atoms. The van der Waals surface area contributed by atoms with Crippen LogP contribution in [0.1, 0.15) is 317 Å². The summed E-state index contributed by atoms with van der Waals surface area (Å²) in [5.74, 6) is 102. The maximum atomic E-state index is 12.1. The molecule has 149 heavy (non-hydrogen) atoms. The molecule has 5 aromatic carbocycles. The van der Waals surface area contributed by atoms with Gasteiger partial charge in [0.2, 0.25) is 40.8 Å². The summed E-state index contributed by atoms with van der Waals surface area (Å²) in [5, 5.41) is 22.9. The number of non-ortho nitro benzene ring substituents is 2. The van der Waals surface area contributed by atoms with E-state index in [1.807, 2.05) is 137 Å². The van der Waals surface area contributed by atoms with E-state index in [1.165, 1.54) is 154 Å². The lowest BCUT2D eigenvalue weighted by Crippen LogP contribution is -3.00. The molecule has 3 radical (unpaired) electrons. The molecule has 1 amide bonds. The third kappa shape index (κ3) is 42.7. The minimum absolute atomic E-state index is 0. The van der Waals surface area contributed by atoms with Gasteiger partial charge in [-0.25, -0.2) is 0 Å². The molecule has 0 bridgehead atoms. The molecule has 4 aliphatic heterocycles. The van der Waals surface area contributed by atoms with Gasteiger partial charge in [-0.15, -0.1) is 22.0 Å². The van der Waals surface area contributed by atoms with Crippen molar-refractivity contribution in [3.8, 4) is 262 Å². The van der Waals surface area contributed by atoms with E-state index in [2.05, 4.69) is 371 Å². The SMILES string of the molecule is C#CC#CC#CC#CC#CC#CC#CC#CC#CC#CC#C[N+]1=C(/C=C/C=C/C=C/C=C2/N(CCCCCCCCCCCCCC)c3ccc([N+](=O)[O-])cc3C2(C)C)C(C)(C)c2ccccc21.C#CC#CC#CC#CC#CC#CC#CC#CC#CC#CC#C[N+]1=C(/C=C/C=C/C=C/N(C(C)=O)c2ccccc2)C(C)(C)c2ccccc21.C=C1N(CCCCCCCCCCCCCC)c2ccc([N+](=O)[O-])cc2C1(C)C.[2HH].[B].[HH].[HH].[HH].[HH].[HH].[HH].[HH].[HH].[HH].[HH].[HH].[HH].[HH].[HH].[HH].[HH].[HH].[HH].[HH].[HH].[HH].[HH].[HH].[HH].[HH].[HH].[HH].[HH].[HH].[HH].[HH].[HH].[HH].[HH].[HH].[HH].[HH].[HH].[HH].[HH].[HH].[HH].[HH].[HH].[I-].[I-]. The van der Waals surface area contributed by atoms with Gasteiger partial charge in [0.05, 0.1) is 32.5 Å². The molecule has 0 saturated heterocycles. The number of fused-ring (bicyclic) bond motifs is 4. The number of carbonyl (C=O) groups excluding carboxylic acids is 1. The zero-order valence-electron chi connectivity index (χ0n) is 87.2. The molecule has 12 nitrogen and oxygen atoms in total. The zero-order chi connectivity index (χ0) is 105. The standard InChI is InChI=1S/C63H56N3O2.C46H25N2O.C25H40N2O2.B.2HI.45H2/c1-7-9-11-13-15-17-19-21-22-23-24-25-26-27-28-30-32-33-38-44-52-64-58-47-43-42-46-56(58)62(3,4)60(64)48-40-36-35-37-41-49-61-63(5,6)57-54-55(66(67)68)50-51-59(57)65(61)53-45-39-34-31-29-20-18-16-14-12-10-8-2;1-5-6-7-8-9-10-11-12-13-14-15-16-17-18-19-20-21-22-24-33-40-48-44-37-31-30-36-43(44)46(3,4)45(48)38-29-23-25-32-39-47(41(2)49)42-34-27-26-28-35-42;1-5-6-7-8-9-10-11-12-13-14-15-16-19-26-21(2)25(3,4)23-20-22(27(28)29)17-18-24(23)26;;;;;;;;;;;;;;;;;;;;;;;;;;;;;;;;;;;;;;;;;;;;;;;;/h1,35-37,40-43,46-51,54H,8,10,12,14,16,18,20,29,31,34,39,45,53H2,2-6H3;1,23,25-32,34-39H,2-4H3;17-18,20H,2,5-16,19H2,1,3-4H3;;47*1H/q2*+1;;;;;;;;;;;;;;;;;;;;;;;;;;;;;;;;;;;;;;;;;;;;;;;;;/p-2/i;;;;;;1+1;;;;;;;;;;;;;;;;;;;;;;;;;;;;;;;;;;;;;;;;;;;;. The van der Waals surface area contributed by atoms with E-state index in [-0.39, 0.29) is 164 Å². The Morgan fingerprint density at radius 3 is 1.00 bits per heavy atom. The number of nitro benzene ring substituents is 2. The van der Waals surface area contributed by atoms with Crippen LogP contribution in [0.4, 0.5) is 39.8 Å². The highest BCUT2D eigenvalue weighted by atomic mass is 127. The van der Waals surface area contributed by atoms with E-state index in [0.717, 1.165) is 93.9 Å². The molecule has 0 aromatic heterocycles. The van der Waals surface area contributed by atoms with E-state index >= 15 is 0 Å². The van der Waals surface area contributed by atoms with Crippen molar-refractivity contribution in [2.45, 2.75) is 252 Å². The number of benzene rings is 5. The molecule has 0 atom stereocenters. The Labute approximate surface area is 992 Å². The monoisotopic (exact) mass is 2260 g/mol. The second-order valence-corrected chi connectivity index (χ2v) is 35.7. The number of nitrogens with zero attached hydrogens (tertiary/aromatic N) is 7. The number of nitro groups is 2. The minimum Gasteiger partial charge on any atom is -1.00 e. The first kappa shape index (κ1) is 124. The topological polar surface area (TPSA) is 119 Å². The highest BCUT2D eigenvalue weighted by molar-refractivity contribution is 6.04. The average Bonchev–Trinajstić information content (AvgIpc) is 1.57. The van der Waals surface area contributed by atoms with Crippen LogP contribution < -0.4 is 62.7 Å². The largest absolute Gasteiger partial charge is 1.00 e. The molecular formula is C134H211BI2N7O5. The van der Waals surface area contributed by atoms with Crippen molar-refractivity contribution in [2.75, 3.05) is 27.8 Å². The van der Waals surface area contributed by atoms with Crippen molar-refractivity contribution in [3.05, 3.63) is 255 Å². The molecule has 15 heteroatoms. The number of hydrogen-bond donors (Lipinski definition) is 0. The molecule has 5 aromatic rings. The maximum Gasteiger partial charge on any atom is 0.269 e. The first-order valence-electron chi connectivity index (χ1n) is 49.4. The van der Waals surface area contributed by atoms with Crippen LogP contribution in [0.15, 0.2) is 212 Å². The van der Waals surface area contributed by atoms with Gasteiger partial charge >= 0.3 is 0 Å². The summed E-state index contributed by atoms with van der Waals surface area (Å²) in [6.45, 7) is 29.4. The summed E-state index contributed by atoms with van der Waals surface area (Å²) in [6.07, 6.45) is 67.3. The van der Waals surface area contributed by atoms with Gasteiger partial charge in [0.1, 0.15) is 0 Å². The summed E-state index contributed by atoms with van der Waals surface area (Å²) < 4.78 is 3.93. The lowest BCUT2D eigenvalue weighted by Gasteiger charge is -2.27. The van der Waals surface area contributed by atoms with Gasteiger partial charge in [-0.2, -0.15) is 0 Å². The first-order valence-corrected chi connectivity index (χ1v) is 49.4. The number of unbranched alkanes of at least 4 members (excludes halogenated alkanes) is 22. The average molecular weight is 2270 g/mol. The second-order valence-electron chi connectivity index (χ2n) is 35.7. The number of anilines is 3. The van der Waals surface area contributed by atoms with Crippen LogP contribution in [0.3, 0.4) is 0 Å². The van der Waals surface area contributed by atoms with Gasteiger partial charge in [0, 0.05) is 328 Å². The number of amides is 1. The van der Waals surface area contributed by atoms with Crippen LogP contribution in [0.5, 0.6) is 0 Å². The minimum atomic E-state index is -0.390. The predicted molar refractivity (Wildman–Crippen MR) is 704 cm³/mol. The Balaban J connectivity index is -0.0000000417. The van der Waals surface area contributed by atoms with E-state index in [1.54, 1.807) is 35.4 Å². The lowest BCUT2D eigenvalue weighted by atomic mass is 9.81. The van der Waals surface area contributed by atoms with Crippen LogP contribution in [-0.2, 0) is 26.5 Å². The van der Waals surface area contributed by atoms with Gasteiger partial charge in [0.15, 0.2) is 0 Å². The van der Waals surface area contributed by atoms with E-state index in [0.29, 0.717) is 0 Å². The number of rotatable bonds is 37. The Kier molecular flexibility index (Phi) is 59.7. The normalized spacial score (nSPS) is 12.5. The third-order valence-electron chi connectivity index (χ3n) is 24.0. The van der Waals surface area contributed by atoms with Crippen molar-refractivity contribution in [2.24, 2.45) is 0 Å². The molecule has 9 rings (SSSR count). The van der Waals surface area contributed by atoms with Crippen LogP contribution in [-0.4, -0.2) is 57.8 Å². The predicted octanol–water partition coefficient (Wildman–Crippen LogP) is 29.6.